The average Bonchev–Trinajstić information content (AvgIpc) is 2.14. The molecule has 0 saturated heterocycles. The van der Waals surface area contributed by atoms with Gasteiger partial charge in [-0.25, -0.2) is 4.98 Å². The second-order valence-electron chi connectivity index (χ2n) is 4.41. The van der Waals surface area contributed by atoms with Crippen LogP contribution in [-0.4, -0.2) is 22.0 Å². The first kappa shape index (κ1) is 11.6. The highest BCUT2D eigenvalue weighted by molar-refractivity contribution is 6.08. The lowest BCUT2D eigenvalue weighted by atomic mass is 9.68. The molecule has 1 heterocycles. The molecule has 0 radical (unpaired) electrons. The smallest absolute Gasteiger partial charge is 0.319 e. The summed E-state index contributed by atoms with van der Waals surface area (Å²) in [7, 11) is 0. The topological polar surface area (TPSA) is 79.3 Å². The number of aryl methyl sites for hydroxylation is 1. The number of rotatable bonds is 3. The van der Waals surface area contributed by atoms with Crippen LogP contribution in [0.5, 0.6) is 0 Å². The van der Waals surface area contributed by atoms with Gasteiger partial charge in [-0.2, -0.15) is 0 Å². The van der Waals surface area contributed by atoms with E-state index >= 15 is 0 Å². The second-order valence-corrected chi connectivity index (χ2v) is 4.41. The third kappa shape index (κ3) is 2.00. The number of aromatic nitrogens is 1. The zero-order valence-electron chi connectivity index (χ0n) is 9.56. The molecule has 1 aliphatic carbocycles. The number of hydrogen-bond donors (Lipinski definition) is 2. The Kier molecular flexibility index (Phi) is 2.83. The summed E-state index contributed by atoms with van der Waals surface area (Å²) in [4.78, 5) is 27.0. The molecule has 0 bridgehead atoms. The Morgan fingerprint density at radius 3 is 2.65 bits per heavy atom. The van der Waals surface area contributed by atoms with Gasteiger partial charge in [0.15, 0.2) is 0 Å². The Morgan fingerprint density at radius 1 is 1.47 bits per heavy atom. The van der Waals surface area contributed by atoms with Gasteiger partial charge in [-0.05, 0) is 37.5 Å². The van der Waals surface area contributed by atoms with Crippen molar-refractivity contribution < 1.29 is 14.7 Å². The van der Waals surface area contributed by atoms with E-state index in [0.717, 1.165) is 12.0 Å². The Balaban J connectivity index is 2.14. The average molecular weight is 234 g/mol. The van der Waals surface area contributed by atoms with E-state index in [0.29, 0.717) is 18.7 Å². The predicted octanol–water partition coefficient (Wildman–Crippen LogP) is 1.58. The summed E-state index contributed by atoms with van der Waals surface area (Å²) in [5.41, 5.74) is -0.279. The van der Waals surface area contributed by atoms with Gasteiger partial charge in [-0.3, -0.25) is 9.59 Å². The fraction of sp³-hybridized carbons (Fsp3) is 0.417. The summed E-state index contributed by atoms with van der Waals surface area (Å²) >= 11 is 0. The fourth-order valence-corrected chi connectivity index (χ4v) is 1.91. The number of carboxylic acid groups (broad SMARTS) is 1. The quantitative estimate of drug-likeness (QED) is 0.778. The van der Waals surface area contributed by atoms with Crippen molar-refractivity contribution in [3.05, 3.63) is 23.9 Å². The van der Waals surface area contributed by atoms with Crippen LogP contribution in [0.3, 0.4) is 0 Å². The monoisotopic (exact) mass is 234 g/mol. The molecule has 2 rings (SSSR count). The molecule has 5 nitrogen and oxygen atoms in total. The van der Waals surface area contributed by atoms with Crippen molar-refractivity contribution in [2.24, 2.45) is 5.41 Å². The van der Waals surface area contributed by atoms with Crippen LogP contribution in [-0.2, 0) is 9.59 Å². The second kappa shape index (κ2) is 4.16. The summed E-state index contributed by atoms with van der Waals surface area (Å²) in [5.74, 6) is -1.11. The van der Waals surface area contributed by atoms with Crippen LogP contribution in [0.2, 0.25) is 0 Å². The van der Waals surface area contributed by atoms with Crippen molar-refractivity contribution in [2.45, 2.75) is 26.2 Å². The molecule has 2 N–H and O–H groups in total. The Morgan fingerprint density at radius 2 is 2.18 bits per heavy atom. The van der Waals surface area contributed by atoms with Gasteiger partial charge in [0.2, 0.25) is 5.91 Å². The molecule has 1 saturated carbocycles. The van der Waals surface area contributed by atoms with Crippen LogP contribution in [0.1, 0.15) is 24.8 Å². The number of carboxylic acids is 1. The van der Waals surface area contributed by atoms with Gasteiger partial charge in [-0.1, -0.05) is 6.42 Å². The molecule has 1 aromatic rings. The van der Waals surface area contributed by atoms with Gasteiger partial charge in [0.25, 0.3) is 0 Å². The van der Waals surface area contributed by atoms with Crippen molar-refractivity contribution in [3.8, 4) is 0 Å². The van der Waals surface area contributed by atoms with Gasteiger partial charge < -0.3 is 10.4 Å². The molecular weight excluding hydrogens is 220 g/mol. The number of nitrogens with zero attached hydrogens (tertiary/aromatic N) is 1. The first-order valence-corrected chi connectivity index (χ1v) is 5.52. The van der Waals surface area contributed by atoms with E-state index in [2.05, 4.69) is 10.3 Å². The molecule has 0 unspecified atom stereocenters. The highest BCUT2D eigenvalue weighted by Crippen LogP contribution is 2.42. The van der Waals surface area contributed by atoms with Crippen molar-refractivity contribution in [3.63, 3.8) is 0 Å². The zero-order valence-corrected chi connectivity index (χ0v) is 9.56. The number of pyridine rings is 1. The number of nitrogens with one attached hydrogen (secondary N) is 1. The molecule has 1 aliphatic rings. The molecule has 1 fully saturated rings. The predicted molar refractivity (Wildman–Crippen MR) is 61.5 cm³/mol. The number of carbonyl (C=O) groups excluding carboxylic acids is 1. The van der Waals surface area contributed by atoms with E-state index in [1.165, 1.54) is 0 Å². The SMILES string of the molecule is Cc1ccnc(NC(=O)C2(C(=O)O)CCC2)c1. The zero-order chi connectivity index (χ0) is 12.5. The fourth-order valence-electron chi connectivity index (χ4n) is 1.91. The molecule has 17 heavy (non-hydrogen) atoms. The number of amides is 1. The highest BCUT2D eigenvalue weighted by Gasteiger charge is 2.51. The maximum Gasteiger partial charge on any atom is 0.319 e. The van der Waals surface area contributed by atoms with E-state index < -0.39 is 17.3 Å². The van der Waals surface area contributed by atoms with Crippen molar-refractivity contribution in [1.82, 2.24) is 4.98 Å². The lowest BCUT2D eigenvalue weighted by Crippen LogP contribution is -2.48. The van der Waals surface area contributed by atoms with Crippen LogP contribution in [0, 0.1) is 12.3 Å². The summed E-state index contributed by atoms with van der Waals surface area (Å²) in [6.45, 7) is 1.88. The number of hydrogen-bond acceptors (Lipinski definition) is 3. The third-order valence-electron chi connectivity index (χ3n) is 3.21. The van der Waals surface area contributed by atoms with Gasteiger partial charge in [0, 0.05) is 6.20 Å². The minimum atomic E-state index is -1.24. The van der Waals surface area contributed by atoms with Gasteiger partial charge in [0.05, 0.1) is 0 Å². The Bertz CT molecular complexity index is 467. The maximum atomic E-state index is 11.9. The van der Waals surface area contributed by atoms with E-state index in [-0.39, 0.29) is 0 Å². The Hall–Kier alpha value is -1.91. The summed E-state index contributed by atoms with van der Waals surface area (Å²) in [6, 6.07) is 3.53. The maximum absolute atomic E-state index is 11.9. The van der Waals surface area contributed by atoms with E-state index in [1.54, 1.807) is 12.3 Å². The normalized spacial score (nSPS) is 17.0. The number of carbonyl (C=O) groups is 2. The van der Waals surface area contributed by atoms with Crippen molar-refractivity contribution >= 4 is 17.7 Å². The van der Waals surface area contributed by atoms with Crippen LogP contribution < -0.4 is 5.32 Å². The standard InChI is InChI=1S/C12H14N2O3/c1-8-3-6-13-9(7-8)14-10(15)12(11(16)17)4-2-5-12/h3,6-7H,2,4-5H2,1H3,(H,16,17)(H,13,14,15). The minimum Gasteiger partial charge on any atom is -0.480 e. The molecule has 0 spiro atoms. The molecule has 1 amide bonds. The molecule has 0 aromatic carbocycles. The van der Waals surface area contributed by atoms with Gasteiger partial charge in [0.1, 0.15) is 11.2 Å². The molecule has 90 valence electrons. The van der Waals surface area contributed by atoms with Crippen LogP contribution in [0.25, 0.3) is 0 Å². The molecule has 5 heteroatoms. The van der Waals surface area contributed by atoms with E-state index in [1.807, 2.05) is 13.0 Å². The number of anilines is 1. The van der Waals surface area contributed by atoms with Gasteiger partial charge in [-0.15, -0.1) is 0 Å². The van der Waals surface area contributed by atoms with Crippen LogP contribution in [0.4, 0.5) is 5.82 Å². The third-order valence-corrected chi connectivity index (χ3v) is 3.21. The lowest BCUT2D eigenvalue weighted by Gasteiger charge is -2.35. The van der Waals surface area contributed by atoms with Crippen molar-refractivity contribution in [1.29, 1.82) is 0 Å². The van der Waals surface area contributed by atoms with Crippen LogP contribution >= 0.6 is 0 Å². The Labute approximate surface area is 98.9 Å². The van der Waals surface area contributed by atoms with E-state index in [4.69, 9.17) is 5.11 Å². The van der Waals surface area contributed by atoms with E-state index in [9.17, 15) is 9.59 Å². The summed E-state index contributed by atoms with van der Waals surface area (Å²) in [5, 5.41) is 11.7. The number of aliphatic carboxylic acids is 1. The minimum absolute atomic E-state index is 0.403. The molecule has 1 aromatic heterocycles. The molecular formula is C12H14N2O3. The van der Waals surface area contributed by atoms with Gasteiger partial charge >= 0.3 is 5.97 Å². The van der Waals surface area contributed by atoms with Crippen LogP contribution in [0.15, 0.2) is 18.3 Å². The summed E-state index contributed by atoms with van der Waals surface area (Å²) < 4.78 is 0. The summed E-state index contributed by atoms with van der Waals surface area (Å²) in [6.07, 6.45) is 3.17. The molecule has 0 atom stereocenters. The van der Waals surface area contributed by atoms with Crippen molar-refractivity contribution in [2.75, 3.05) is 5.32 Å². The molecule has 0 aliphatic heterocycles. The highest BCUT2D eigenvalue weighted by atomic mass is 16.4. The first-order valence-electron chi connectivity index (χ1n) is 5.52. The largest absolute Gasteiger partial charge is 0.480 e. The lowest BCUT2D eigenvalue weighted by molar-refractivity contribution is -0.159. The first-order chi connectivity index (χ1) is 8.04.